The Bertz CT molecular complexity index is 447. The molecule has 0 saturated carbocycles. The molecule has 0 radical (unpaired) electrons. The molecule has 1 unspecified atom stereocenters. The molecule has 0 aliphatic heterocycles. The number of aryl methyl sites for hydroxylation is 1. The third-order valence-corrected chi connectivity index (χ3v) is 2.31. The van der Waals surface area contributed by atoms with Crippen LogP contribution in [0.15, 0.2) is 36.7 Å². The van der Waals surface area contributed by atoms with E-state index in [1.165, 1.54) is 12.1 Å². The van der Waals surface area contributed by atoms with Gasteiger partial charge in [0, 0.05) is 18.8 Å². The highest BCUT2D eigenvalue weighted by molar-refractivity contribution is 5.28. The fraction of sp³-hybridized carbons (Fsp3) is 0.182. The van der Waals surface area contributed by atoms with Crippen molar-refractivity contribution in [2.75, 3.05) is 0 Å². The van der Waals surface area contributed by atoms with E-state index in [1.807, 2.05) is 13.2 Å². The van der Waals surface area contributed by atoms with Crippen molar-refractivity contribution in [3.05, 3.63) is 53.6 Å². The van der Waals surface area contributed by atoms with Gasteiger partial charge < -0.3 is 5.73 Å². The molecule has 0 amide bonds. The number of aromatic nitrogens is 2. The third kappa shape index (κ3) is 2.05. The Morgan fingerprint density at radius 1 is 1.27 bits per heavy atom. The van der Waals surface area contributed by atoms with Crippen molar-refractivity contribution in [3.63, 3.8) is 0 Å². The summed E-state index contributed by atoms with van der Waals surface area (Å²) in [5.41, 5.74) is 7.80. The standard InChI is InChI=1S/C11H12FN3/c1-15-7-9(6-14-15)11(13)8-2-4-10(12)5-3-8/h2-7,11H,13H2,1H3. The van der Waals surface area contributed by atoms with Gasteiger partial charge in [-0.05, 0) is 17.7 Å². The molecule has 2 N–H and O–H groups in total. The van der Waals surface area contributed by atoms with Crippen LogP contribution in [-0.4, -0.2) is 9.78 Å². The Morgan fingerprint density at radius 3 is 2.47 bits per heavy atom. The molecule has 0 aliphatic carbocycles. The zero-order valence-electron chi connectivity index (χ0n) is 8.39. The summed E-state index contributed by atoms with van der Waals surface area (Å²) < 4.78 is 14.4. The Balaban J connectivity index is 2.28. The van der Waals surface area contributed by atoms with E-state index >= 15 is 0 Å². The minimum Gasteiger partial charge on any atom is -0.320 e. The molecular formula is C11H12FN3. The number of benzene rings is 1. The first-order chi connectivity index (χ1) is 7.16. The number of hydrogen-bond donors (Lipinski definition) is 1. The van der Waals surface area contributed by atoms with Gasteiger partial charge in [0.15, 0.2) is 0 Å². The van der Waals surface area contributed by atoms with Crippen LogP contribution in [-0.2, 0) is 7.05 Å². The lowest BCUT2D eigenvalue weighted by atomic mass is 10.0. The molecule has 2 rings (SSSR count). The zero-order valence-corrected chi connectivity index (χ0v) is 8.39. The Morgan fingerprint density at radius 2 is 1.93 bits per heavy atom. The molecule has 78 valence electrons. The Labute approximate surface area is 87.3 Å². The highest BCUT2D eigenvalue weighted by atomic mass is 19.1. The average Bonchev–Trinajstić information content (AvgIpc) is 2.65. The molecule has 4 heteroatoms. The van der Waals surface area contributed by atoms with Crippen LogP contribution in [0.25, 0.3) is 0 Å². The molecule has 3 nitrogen and oxygen atoms in total. The van der Waals surface area contributed by atoms with Crippen LogP contribution in [0.3, 0.4) is 0 Å². The summed E-state index contributed by atoms with van der Waals surface area (Å²) in [6.07, 6.45) is 3.57. The summed E-state index contributed by atoms with van der Waals surface area (Å²) in [4.78, 5) is 0. The van der Waals surface area contributed by atoms with E-state index in [2.05, 4.69) is 5.10 Å². The van der Waals surface area contributed by atoms with Crippen molar-refractivity contribution in [2.24, 2.45) is 12.8 Å². The van der Waals surface area contributed by atoms with Gasteiger partial charge in [-0.15, -0.1) is 0 Å². The summed E-state index contributed by atoms with van der Waals surface area (Å²) in [5, 5.41) is 4.04. The van der Waals surface area contributed by atoms with Crippen LogP contribution in [0.2, 0.25) is 0 Å². The molecule has 0 aliphatic rings. The molecule has 1 atom stereocenters. The Hall–Kier alpha value is -1.68. The summed E-state index contributed by atoms with van der Waals surface area (Å²) in [7, 11) is 1.83. The first-order valence-corrected chi connectivity index (χ1v) is 4.66. The summed E-state index contributed by atoms with van der Waals surface area (Å²) in [6.45, 7) is 0. The molecule has 0 spiro atoms. The maximum Gasteiger partial charge on any atom is 0.123 e. The molecular weight excluding hydrogens is 193 g/mol. The summed E-state index contributed by atoms with van der Waals surface area (Å²) >= 11 is 0. The van der Waals surface area contributed by atoms with Crippen molar-refractivity contribution in [1.29, 1.82) is 0 Å². The first kappa shape index (κ1) is 9.86. The van der Waals surface area contributed by atoms with Crippen molar-refractivity contribution in [1.82, 2.24) is 9.78 Å². The lowest BCUT2D eigenvalue weighted by Gasteiger charge is -2.09. The number of halogens is 1. The molecule has 1 heterocycles. The topological polar surface area (TPSA) is 43.8 Å². The number of nitrogens with two attached hydrogens (primary N) is 1. The zero-order chi connectivity index (χ0) is 10.8. The average molecular weight is 205 g/mol. The second-order valence-corrected chi connectivity index (χ2v) is 3.48. The van der Waals surface area contributed by atoms with Gasteiger partial charge in [0.25, 0.3) is 0 Å². The van der Waals surface area contributed by atoms with Gasteiger partial charge in [-0.1, -0.05) is 12.1 Å². The van der Waals surface area contributed by atoms with Crippen molar-refractivity contribution in [2.45, 2.75) is 6.04 Å². The predicted octanol–water partition coefficient (Wildman–Crippen LogP) is 1.61. The molecule has 1 aromatic carbocycles. The van der Waals surface area contributed by atoms with Crippen molar-refractivity contribution in [3.8, 4) is 0 Å². The van der Waals surface area contributed by atoms with E-state index in [-0.39, 0.29) is 11.9 Å². The van der Waals surface area contributed by atoms with Crippen LogP contribution in [0.1, 0.15) is 17.2 Å². The van der Waals surface area contributed by atoms with E-state index < -0.39 is 0 Å². The minimum atomic E-state index is -0.253. The summed E-state index contributed by atoms with van der Waals surface area (Å²) in [6, 6.07) is 5.94. The fourth-order valence-electron chi connectivity index (χ4n) is 1.46. The second kappa shape index (κ2) is 3.82. The largest absolute Gasteiger partial charge is 0.320 e. The van der Waals surface area contributed by atoms with Gasteiger partial charge >= 0.3 is 0 Å². The smallest absolute Gasteiger partial charge is 0.123 e. The Kier molecular flexibility index (Phi) is 2.51. The third-order valence-electron chi connectivity index (χ3n) is 2.31. The maximum atomic E-state index is 12.7. The highest BCUT2D eigenvalue weighted by Crippen LogP contribution is 2.18. The van der Waals surface area contributed by atoms with E-state index in [9.17, 15) is 4.39 Å². The molecule has 0 saturated heterocycles. The van der Waals surface area contributed by atoms with Gasteiger partial charge in [0.2, 0.25) is 0 Å². The quantitative estimate of drug-likeness (QED) is 0.809. The predicted molar refractivity (Wildman–Crippen MR) is 55.6 cm³/mol. The second-order valence-electron chi connectivity index (χ2n) is 3.48. The normalized spacial score (nSPS) is 12.7. The number of rotatable bonds is 2. The SMILES string of the molecule is Cn1cc(C(N)c2ccc(F)cc2)cn1. The molecule has 0 bridgehead atoms. The van der Waals surface area contributed by atoms with Crippen LogP contribution in [0, 0.1) is 5.82 Å². The first-order valence-electron chi connectivity index (χ1n) is 4.66. The van der Waals surface area contributed by atoms with Gasteiger partial charge in [0.05, 0.1) is 12.2 Å². The van der Waals surface area contributed by atoms with Gasteiger partial charge in [0.1, 0.15) is 5.82 Å². The highest BCUT2D eigenvalue weighted by Gasteiger charge is 2.10. The van der Waals surface area contributed by atoms with Crippen LogP contribution < -0.4 is 5.73 Å². The van der Waals surface area contributed by atoms with Gasteiger partial charge in [-0.25, -0.2) is 4.39 Å². The number of hydrogen-bond acceptors (Lipinski definition) is 2. The van der Waals surface area contributed by atoms with E-state index in [1.54, 1.807) is 23.0 Å². The molecule has 15 heavy (non-hydrogen) atoms. The van der Waals surface area contributed by atoms with Crippen LogP contribution in [0.5, 0.6) is 0 Å². The molecule has 1 aromatic heterocycles. The lowest BCUT2D eigenvalue weighted by Crippen LogP contribution is -2.10. The van der Waals surface area contributed by atoms with Gasteiger partial charge in [-0.3, -0.25) is 4.68 Å². The van der Waals surface area contributed by atoms with E-state index in [4.69, 9.17) is 5.73 Å². The summed E-state index contributed by atoms with van der Waals surface area (Å²) in [5.74, 6) is -0.253. The van der Waals surface area contributed by atoms with Crippen LogP contribution in [0.4, 0.5) is 4.39 Å². The monoisotopic (exact) mass is 205 g/mol. The minimum absolute atomic E-state index is 0.251. The molecule has 2 aromatic rings. The van der Waals surface area contributed by atoms with Crippen molar-refractivity contribution < 1.29 is 4.39 Å². The fourth-order valence-corrected chi connectivity index (χ4v) is 1.46. The molecule has 0 fully saturated rings. The van der Waals surface area contributed by atoms with Crippen LogP contribution >= 0.6 is 0 Å². The van der Waals surface area contributed by atoms with Crippen molar-refractivity contribution >= 4 is 0 Å². The van der Waals surface area contributed by atoms with E-state index in [0.717, 1.165) is 11.1 Å². The maximum absolute atomic E-state index is 12.7. The van der Waals surface area contributed by atoms with Gasteiger partial charge in [-0.2, -0.15) is 5.10 Å². The number of nitrogens with zero attached hydrogens (tertiary/aromatic N) is 2. The van der Waals surface area contributed by atoms with E-state index in [0.29, 0.717) is 0 Å². The lowest BCUT2D eigenvalue weighted by molar-refractivity contribution is 0.626.